The Kier molecular flexibility index (Phi) is 5.87. The number of hydrogen-bond acceptors (Lipinski definition) is 3. The minimum Gasteiger partial charge on any atom is -0.445 e. The molecule has 0 radical (unpaired) electrons. The van der Waals surface area contributed by atoms with Crippen molar-refractivity contribution in [3.63, 3.8) is 0 Å². The summed E-state index contributed by atoms with van der Waals surface area (Å²) >= 11 is 0. The highest BCUT2D eigenvalue weighted by Gasteiger charge is 2.20. The Morgan fingerprint density at radius 3 is 3.00 bits per heavy atom. The smallest absolute Gasteiger partial charge is 0.407 e. The molecule has 110 valence electrons. The van der Waals surface area contributed by atoms with Crippen LogP contribution >= 0.6 is 0 Å². The highest BCUT2D eigenvalue weighted by atomic mass is 16.5. The number of benzene rings is 1. The Bertz CT molecular complexity index is 408. The number of carbonyl (C=O) groups excluding carboxylic acids is 1. The van der Waals surface area contributed by atoms with Gasteiger partial charge in [0.25, 0.3) is 0 Å². The molecule has 1 fully saturated rings. The van der Waals surface area contributed by atoms with Crippen molar-refractivity contribution in [1.29, 1.82) is 0 Å². The fourth-order valence-electron chi connectivity index (χ4n) is 2.56. The van der Waals surface area contributed by atoms with E-state index in [0.29, 0.717) is 25.0 Å². The standard InChI is InChI=1S/C16H24N2O2/c1-13-10-17-9-5-8-15(13)11-18-16(19)20-12-14-6-3-2-4-7-14/h2-4,6-7,13,15,17H,5,8-12H2,1H3,(H,18,19)/t13-,15+/m0/s1. The lowest BCUT2D eigenvalue weighted by atomic mass is 9.91. The molecule has 2 rings (SSSR count). The first-order chi connectivity index (χ1) is 9.75. The number of amides is 1. The average Bonchev–Trinajstić information content (AvgIpc) is 2.68. The van der Waals surface area contributed by atoms with Crippen LogP contribution < -0.4 is 10.6 Å². The maximum absolute atomic E-state index is 11.7. The Labute approximate surface area is 120 Å². The van der Waals surface area contributed by atoms with Crippen LogP contribution in [0.15, 0.2) is 30.3 Å². The molecule has 0 saturated carbocycles. The Morgan fingerprint density at radius 2 is 2.20 bits per heavy atom. The lowest BCUT2D eigenvalue weighted by Gasteiger charge is -2.21. The van der Waals surface area contributed by atoms with E-state index >= 15 is 0 Å². The first kappa shape index (κ1) is 14.9. The van der Waals surface area contributed by atoms with Crippen molar-refractivity contribution in [3.05, 3.63) is 35.9 Å². The van der Waals surface area contributed by atoms with Crippen LogP contribution in [0.2, 0.25) is 0 Å². The summed E-state index contributed by atoms with van der Waals surface area (Å²) in [6.07, 6.45) is 2.02. The molecule has 0 bridgehead atoms. The van der Waals surface area contributed by atoms with E-state index in [-0.39, 0.29) is 6.09 Å². The predicted molar refractivity (Wildman–Crippen MR) is 79.4 cm³/mol. The van der Waals surface area contributed by atoms with E-state index in [1.165, 1.54) is 6.42 Å². The molecule has 2 atom stereocenters. The van der Waals surface area contributed by atoms with E-state index in [0.717, 1.165) is 25.1 Å². The van der Waals surface area contributed by atoms with Crippen LogP contribution in [0.25, 0.3) is 0 Å². The van der Waals surface area contributed by atoms with E-state index in [2.05, 4.69) is 17.6 Å². The lowest BCUT2D eigenvalue weighted by Crippen LogP contribution is -2.33. The van der Waals surface area contributed by atoms with Crippen LogP contribution in [0.3, 0.4) is 0 Å². The average molecular weight is 276 g/mol. The molecule has 1 saturated heterocycles. The first-order valence-electron chi connectivity index (χ1n) is 7.41. The van der Waals surface area contributed by atoms with Crippen LogP contribution in [-0.2, 0) is 11.3 Å². The molecule has 0 aromatic heterocycles. The number of ether oxygens (including phenoxy) is 1. The van der Waals surface area contributed by atoms with E-state index < -0.39 is 0 Å². The van der Waals surface area contributed by atoms with Gasteiger partial charge in [0.05, 0.1) is 0 Å². The molecule has 0 spiro atoms. The summed E-state index contributed by atoms with van der Waals surface area (Å²) in [4.78, 5) is 11.7. The van der Waals surface area contributed by atoms with E-state index in [1.54, 1.807) is 0 Å². The zero-order valence-corrected chi connectivity index (χ0v) is 12.1. The lowest BCUT2D eigenvalue weighted by molar-refractivity contribution is 0.136. The van der Waals surface area contributed by atoms with Gasteiger partial charge in [-0.3, -0.25) is 0 Å². The third kappa shape index (κ3) is 4.85. The van der Waals surface area contributed by atoms with Crippen molar-refractivity contribution in [1.82, 2.24) is 10.6 Å². The fourth-order valence-corrected chi connectivity index (χ4v) is 2.56. The van der Waals surface area contributed by atoms with Gasteiger partial charge in [0.15, 0.2) is 0 Å². The molecule has 2 N–H and O–H groups in total. The molecule has 1 aromatic carbocycles. The monoisotopic (exact) mass is 276 g/mol. The summed E-state index contributed by atoms with van der Waals surface area (Å²) < 4.78 is 5.22. The number of carbonyl (C=O) groups is 1. The molecular weight excluding hydrogens is 252 g/mol. The number of alkyl carbamates (subject to hydrolysis) is 1. The summed E-state index contributed by atoms with van der Waals surface area (Å²) in [5, 5.41) is 6.31. The topological polar surface area (TPSA) is 50.4 Å². The van der Waals surface area contributed by atoms with Crippen molar-refractivity contribution < 1.29 is 9.53 Å². The molecule has 1 aliphatic heterocycles. The van der Waals surface area contributed by atoms with Gasteiger partial charge in [-0.15, -0.1) is 0 Å². The van der Waals surface area contributed by atoms with Gasteiger partial charge >= 0.3 is 6.09 Å². The van der Waals surface area contributed by atoms with Gasteiger partial charge in [-0.2, -0.15) is 0 Å². The quantitative estimate of drug-likeness (QED) is 0.888. The van der Waals surface area contributed by atoms with Gasteiger partial charge in [0.1, 0.15) is 6.61 Å². The van der Waals surface area contributed by atoms with Gasteiger partial charge in [0.2, 0.25) is 0 Å². The highest BCUT2D eigenvalue weighted by Crippen LogP contribution is 2.18. The molecule has 4 heteroatoms. The largest absolute Gasteiger partial charge is 0.445 e. The van der Waals surface area contributed by atoms with Crippen molar-refractivity contribution in [2.45, 2.75) is 26.4 Å². The first-order valence-corrected chi connectivity index (χ1v) is 7.41. The summed E-state index contributed by atoms with van der Waals surface area (Å²) in [6.45, 7) is 5.38. The zero-order valence-electron chi connectivity index (χ0n) is 12.1. The second-order valence-electron chi connectivity index (χ2n) is 5.53. The fraction of sp³-hybridized carbons (Fsp3) is 0.562. The van der Waals surface area contributed by atoms with Crippen LogP contribution in [-0.4, -0.2) is 25.7 Å². The second kappa shape index (κ2) is 7.90. The normalized spacial score (nSPS) is 22.9. The maximum atomic E-state index is 11.7. The Balaban J connectivity index is 1.69. The van der Waals surface area contributed by atoms with Crippen LogP contribution in [0.5, 0.6) is 0 Å². The molecule has 1 aliphatic rings. The Morgan fingerprint density at radius 1 is 1.40 bits per heavy atom. The van der Waals surface area contributed by atoms with Crippen molar-refractivity contribution >= 4 is 6.09 Å². The molecule has 1 amide bonds. The van der Waals surface area contributed by atoms with E-state index in [4.69, 9.17) is 4.74 Å². The van der Waals surface area contributed by atoms with Crippen LogP contribution in [0.1, 0.15) is 25.3 Å². The van der Waals surface area contributed by atoms with Gasteiger partial charge in [-0.1, -0.05) is 37.3 Å². The minimum absolute atomic E-state index is 0.321. The molecule has 1 heterocycles. The van der Waals surface area contributed by atoms with Crippen molar-refractivity contribution in [3.8, 4) is 0 Å². The molecule has 4 nitrogen and oxygen atoms in total. The number of hydrogen-bond donors (Lipinski definition) is 2. The molecule has 1 aromatic rings. The Hall–Kier alpha value is -1.55. The summed E-state index contributed by atoms with van der Waals surface area (Å²) in [6, 6.07) is 9.73. The van der Waals surface area contributed by atoms with Gasteiger partial charge in [0, 0.05) is 6.54 Å². The molecule has 0 unspecified atom stereocenters. The third-order valence-corrected chi connectivity index (χ3v) is 3.92. The second-order valence-corrected chi connectivity index (χ2v) is 5.53. The van der Waals surface area contributed by atoms with Crippen LogP contribution in [0, 0.1) is 11.8 Å². The zero-order chi connectivity index (χ0) is 14.2. The SMILES string of the molecule is C[C@H]1CNCCC[C@@H]1CNC(=O)OCc1ccccc1. The molecule has 20 heavy (non-hydrogen) atoms. The minimum atomic E-state index is -0.321. The van der Waals surface area contributed by atoms with Crippen LogP contribution in [0.4, 0.5) is 4.79 Å². The third-order valence-electron chi connectivity index (χ3n) is 3.92. The van der Waals surface area contributed by atoms with Gasteiger partial charge < -0.3 is 15.4 Å². The maximum Gasteiger partial charge on any atom is 0.407 e. The molecular formula is C16H24N2O2. The van der Waals surface area contributed by atoms with Crippen molar-refractivity contribution in [2.24, 2.45) is 11.8 Å². The number of rotatable bonds is 4. The van der Waals surface area contributed by atoms with E-state index in [9.17, 15) is 4.79 Å². The van der Waals surface area contributed by atoms with Gasteiger partial charge in [-0.05, 0) is 43.3 Å². The molecule has 0 aliphatic carbocycles. The summed E-state index contributed by atoms with van der Waals surface area (Å²) in [5.41, 5.74) is 1.01. The van der Waals surface area contributed by atoms with Gasteiger partial charge in [-0.25, -0.2) is 4.79 Å². The highest BCUT2D eigenvalue weighted by molar-refractivity contribution is 5.67. The predicted octanol–water partition coefficient (Wildman–Crippen LogP) is 2.55. The van der Waals surface area contributed by atoms with Crippen molar-refractivity contribution in [2.75, 3.05) is 19.6 Å². The summed E-state index contributed by atoms with van der Waals surface area (Å²) in [7, 11) is 0. The summed E-state index contributed by atoms with van der Waals surface area (Å²) in [5.74, 6) is 1.13. The number of nitrogens with one attached hydrogen (secondary N) is 2. The van der Waals surface area contributed by atoms with E-state index in [1.807, 2.05) is 30.3 Å².